The minimum Gasteiger partial charge on any atom is -0.492 e. The van der Waals surface area contributed by atoms with Gasteiger partial charge in [-0.15, -0.1) is 5.10 Å². The molecule has 2 aromatic rings. The minimum atomic E-state index is 0.169. The third-order valence-corrected chi connectivity index (χ3v) is 3.44. The molecule has 1 heterocycles. The zero-order chi connectivity index (χ0) is 14.9. The van der Waals surface area contributed by atoms with Gasteiger partial charge in [0.2, 0.25) is 5.88 Å². The van der Waals surface area contributed by atoms with Crippen molar-refractivity contribution >= 4 is 0 Å². The Morgan fingerprint density at radius 1 is 1.10 bits per heavy atom. The van der Waals surface area contributed by atoms with Crippen LogP contribution in [-0.2, 0) is 6.42 Å². The fourth-order valence-electron chi connectivity index (χ4n) is 2.53. The normalized spacial score (nSPS) is 11.6. The van der Waals surface area contributed by atoms with E-state index in [1.165, 1.54) is 5.56 Å². The average Bonchev–Trinajstić information content (AvgIpc) is 2.67. The van der Waals surface area contributed by atoms with E-state index >= 15 is 0 Å². The lowest BCUT2D eigenvalue weighted by molar-refractivity contribution is 0.438. The molecule has 0 aliphatic rings. The van der Waals surface area contributed by atoms with Gasteiger partial charge in [-0.25, -0.2) is 4.68 Å². The molecule has 0 aliphatic carbocycles. The number of hydrogen-bond acceptors (Lipinski definition) is 2. The van der Waals surface area contributed by atoms with Gasteiger partial charge in [0.15, 0.2) is 0 Å². The maximum absolute atomic E-state index is 10.2. The molecule has 0 saturated heterocycles. The molecule has 1 aromatic carbocycles. The molecule has 3 heteroatoms. The zero-order valence-electron chi connectivity index (χ0n) is 13.0. The van der Waals surface area contributed by atoms with Gasteiger partial charge in [0.05, 0.1) is 11.4 Å². The highest BCUT2D eigenvalue weighted by Gasteiger charge is 2.21. The molecule has 0 radical (unpaired) electrons. The smallest absolute Gasteiger partial charge is 0.234 e. The van der Waals surface area contributed by atoms with Crippen molar-refractivity contribution in [3.63, 3.8) is 0 Å². The van der Waals surface area contributed by atoms with Crippen LogP contribution in [0.15, 0.2) is 24.3 Å². The van der Waals surface area contributed by atoms with Gasteiger partial charge >= 0.3 is 0 Å². The van der Waals surface area contributed by atoms with Crippen molar-refractivity contribution in [1.82, 2.24) is 9.78 Å². The number of aromatic nitrogens is 2. The standard InChI is InChI=1S/C17H24N2O/c1-11(2)10-15-16(12(3)4)19(18-17(15)20)14-8-6-13(5)7-9-14/h6-9,11-12H,10H2,1-5H3,(H,18,20). The Morgan fingerprint density at radius 2 is 1.70 bits per heavy atom. The largest absolute Gasteiger partial charge is 0.492 e. The molecule has 0 bridgehead atoms. The van der Waals surface area contributed by atoms with E-state index in [1.54, 1.807) is 0 Å². The Morgan fingerprint density at radius 3 is 2.20 bits per heavy atom. The maximum atomic E-state index is 10.2. The van der Waals surface area contributed by atoms with Crippen LogP contribution in [0.1, 0.15) is 50.4 Å². The summed E-state index contributed by atoms with van der Waals surface area (Å²) in [5, 5.41) is 14.6. The van der Waals surface area contributed by atoms with Gasteiger partial charge in [-0.2, -0.15) is 0 Å². The molecular weight excluding hydrogens is 248 g/mol. The molecule has 0 atom stereocenters. The number of benzene rings is 1. The summed E-state index contributed by atoms with van der Waals surface area (Å²) in [4.78, 5) is 0. The van der Waals surface area contributed by atoms with E-state index in [0.717, 1.165) is 23.4 Å². The molecule has 3 nitrogen and oxygen atoms in total. The van der Waals surface area contributed by atoms with E-state index in [-0.39, 0.29) is 5.88 Å². The lowest BCUT2D eigenvalue weighted by Crippen LogP contribution is -2.06. The average molecular weight is 272 g/mol. The first-order chi connectivity index (χ1) is 9.40. The first-order valence-corrected chi connectivity index (χ1v) is 7.28. The molecule has 0 fully saturated rings. The van der Waals surface area contributed by atoms with Crippen LogP contribution in [0.2, 0.25) is 0 Å². The van der Waals surface area contributed by atoms with Crippen LogP contribution in [0.25, 0.3) is 5.69 Å². The van der Waals surface area contributed by atoms with E-state index in [4.69, 9.17) is 0 Å². The summed E-state index contributed by atoms with van der Waals surface area (Å²) in [6.07, 6.45) is 0.852. The van der Waals surface area contributed by atoms with Gasteiger partial charge in [-0.3, -0.25) is 0 Å². The summed E-state index contributed by atoms with van der Waals surface area (Å²) < 4.78 is 1.89. The van der Waals surface area contributed by atoms with Gasteiger partial charge in [-0.1, -0.05) is 45.4 Å². The van der Waals surface area contributed by atoms with Crippen molar-refractivity contribution in [2.24, 2.45) is 5.92 Å². The number of hydrogen-bond donors (Lipinski definition) is 1. The zero-order valence-corrected chi connectivity index (χ0v) is 13.0. The van der Waals surface area contributed by atoms with Crippen molar-refractivity contribution in [3.8, 4) is 11.6 Å². The fraction of sp³-hybridized carbons (Fsp3) is 0.471. The topological polar surface area (TPSA) is 38.0 Å². The van der Waals surface area contributed by atoms with Crippen LogP contribution in [-0.4, -0.2) is 14.9 Å². The van der Waals surface area contributed by atoms with Crippen LogP contribution in [0, 0.1) is 12.8 Å². The van der Waals surface area contributed by atoms with Gasteiger partial charge in [0.25, 0.3) is 0 Å². The molecule has 2 rings (SSSR count). The third-order valence-electron chi connectivity index (χ3n) is 3.44. The van der Waals surface area contributed by atoms with E-state index in [2.05, 4.69) is 51.9 Å². The van der Waals surface area contributed by atoms with Gasteiger partial charge in [0.1, 0.15) is 0 Å². The lowest BCUT2D eigenvalue weighted by Gasteiger charge is -2.13. The highest BCUT2D eigenvalue weighted by Crippen LogP contribution is 2.31. The van der Waals surface area contributed by atoms with E-state index in [9.17, 15) is 5.11 Å². The predicted octanol–water partition coefficient (Wildman–Crippen LogP) is 4.21. The van der Waals surface area contributed by atoms with E-state index < -0.39 is 0 Å². The molecule has 1 aromatic heterocycles. The van der Waals surface area contributed by atoms with Crippen molar-refractivity contribution in [1.29, 1.82) is 0 Å². The molecule has 20 heavy (non-hydrogen) atoms. The highest BCUT2D eigenvalue weighted by molar-refractivity contribution is 5.42. The molecule has 0 saturated carbocycles. The third kappa shape index (κ3) is 2.87. The van der Waals surface area contributed by atoms with Crippen LogP contribution in [0.4, 0.5) is 0 Å². The minimum absolute atomic E-state index is 0.169. The Balaban J connectivity index is 2.55. The predicted molar refractivity (Wildman–Crippen MR) is 82.6 cm³/mol. The summed E-state index contributed by atoms with van der Waals surface area (Å²) >= 11 is 0. The van der Waals surface area contributed by atoms with Crippen molar-refractivity contribution in [2.45, 2.75) is 47.0 Å². The molecular formula is C17H24N2O. The Bertz CT molecular complexity index is 580. The van der Waals surface area contributed by atoms with Crippen LogP contribution in [0.3, 0.4) is 0 Å². The molecule has 0 spiro atoms. The molecule has 0 aliphatic heterocycles. The highest BCUT2D eigenvalue weighted by atomic mass is 16.3. The van der Waals surface area contributed by atoms with Gasteiger partial charge < -0.3 is 5.11 Å². The first-order valence-electron chi connectivity index (χ1n) is 7.28. The second-order valence-corrected chi connectivity index (χ2v) is 6.19. The Kier molecular flexibility index (Phi) is 4.17. The molecule has 0 unspecified atom stereocenters. The Hall–Kier alpha value is -1.77. The monoisotopic (exact) mass is 272 g/mol. The second kappa shape index (κ2) is 5.70. The van der Waals surface area contributed by atoms with E-state index in [0.29, 0.717) is 11.8 Å². The van der Waals surface area contributed by atoms with Crippen molar-refractivity contribution in [2.75, 3.05) is 0 Å². The quantitative estimate of drug-likeness (QED) is 0.905. The van der Waals surface area contributed by atoms with Crippen molar-refractivity contribution < 1.29 is 5.11 Å². The molecule has 1 N–H and O–H groups in total. The molecule has 0 amide bonds. The maximum Gasteiger partial charge on any atom is 0.234 e. The summed E-state index contributed by atoms with van der Waals surface area (Å²) in [7, 11) is 0. The van der Waals surface area contributed by atoms with Crippen LogP contribution in [0.5, 0.6) is 5.88 Å². The lowest BCUT2D eigenvalue weighted by atomic mass is 9.97. The summed E-state index contributed by atoms with van der Waals surface area (Å²) in [6, 6.07) is 8.24. The van der Waals surface area contributed by atoms with Gasteiger partial charge in [-0.05, 0) is 37.3 Å². The number of rotatable bonds is 4. The second-order valence-electron chi connectivity index (χ2n) is 6.19. The SMILES string of the molecule is Cc1ccc(-n2nc(O)c(CC(C)C)c2C(C)C)cc1. The number of aromatic hydroxyl groups is 1. The first kappa shape index (κ1) is 14.6. The summed E-state index contributed by atoms with van der Waals surface area (Å²) in [6.45, 7) is 10.7. The number of nitrogens with zero attached hydrogens (tertiary/aromatic N) is 2. The Labute approximate surface area is 121 Å². The summed E-state index contributed by atoms with van der Waals surface area (Å²) in [5.74, 6) is 0.982. The van der Waals surface area contributed by atoms with E-state index in [1.807, 2.05) is 16.8 Å². The van der Waals surface area contributed by atoms with Crippen LogP contribution >= 0.6 is 0 Å². The van der Waals surface area contributed by atoms with Gasteiger partial charge in [0, 0.05) is 5.56 Å². The number of aryl methyl sites for hydroxylation is 1. The van der Waals surface area contributed by atoms with Crippen LogP contribution < -0.4 is 0 Å². The molecule has 108 valence electrons. The fourth-order valence-corrected chi connectivity index (χ4v) is 2.53. The summed E-state index contributed by atoms with van der Waals surface area (Å²) in [5.41, 5.74) is 4.32. The van der Waals surface area contributed by atoms with Crippen molar-refractivity contribution in [3.05, 3.63) is 41.1 Å².